The summed E-state index contributed by atoms with van der Waals surface area (Å²) in [5.74, 6) is -1.82. The molecule has 0 spiro atoms. The van der Waals surface area contributed by atoms with Crippen LogP contribution in [-0.2, 0) is 9.59 Å². The molecule has 1 unspecified atom stereocenters. The fraction of sp³-hybridized carbons (Fsp3) is 0.488. The lowest BCUT2D eigenvalue weighted by atomic mass is 9.49. The quantitative estimate of drug-likeness (QED) is 0.294. The molecule has 0 radical (unpaired) electrons. The highest BCUT2D eigenvalue weighted by molar-refractivity contribution is 6.31. The lowest BCUT2D eigenvalue weighted by molar-refractivity contribution is -0.164. The fourth-order valence-electron chi connectivity index (χ4n) is 9.99. The van der Waals surface area contributed by atoms with E-state index in [9.17, 15) is 29.2 Å². The monoisotopic (exact) mass is 839 g/mol. The Morgan fingerprint density at radius 1 is 0.933 bits per heavy atom. The van der Waals surface area contributed by atoms with Crippen LogP contribution in [0.5, 0.6) is 5.75 Å². The molecule has 17 heteroatoms. The Balaban J connectivity index is 0.800. The van der Waals surface area contributed by atoms with Crippen molar-refractivity contribution in [2.24, 2.45) is 16.7 Å². The Morgan fingerprint density at radius 2 is 1.58 bits per heavy atom. The maximum absolute atomic E-state index is 15.4. The van der Waals surface area contributed by atoms with Gasteiger partial charge in [0.15, 0.2) is 0 Å². The van der Waals surface area contributed by atoms with Gasteiger partial charge >= 0.3 is 0 Å². The van der Waals surface area contributed by atoms with E-state index in [1.165, 1.54) is 6.07 Å². The summed E-state index contributed by atoms with van der Waals surface area (Å²) >= 11 is 6.24. The molecule has 1 aliphatic carbocycles. The highest BCUT2D eigenvalue weighted by Crippen LogP contribution is 2.55. The summed E-state index contributed by atoms with van der Waals surface area (Å²) in [5, 5.41) is 14.9. The van der Waals surface area contributed by atoms with E-state index in [4.69, 9.17) is 16.3 Å². The number of ether oxygens (including phenoxy) is 1. The predicted molar refractivity (Wildman–Crippen MR) is 218 cm³/mol. The maximum Gasteiger partial charge on any atom is 0.262 e. The summed E-state index contributed by atoms with van der Waals surface area (Å²) in [6.45, 7) is 13.1. The molecule has 3 saturated heterocycles. The number of halogens is 2. The number of amides is 5. The van der Waals surface area contributed by atoms with Crippen LogP contribution in [0.4, 0.5) is 16.0 Å². The standard InChI is InChI=1S/C43H47ClFN9O6/c1-42(2)39(43(3,4)40(42)60-27-6-5-25(20-46)30(44)17-27)50-35(56)26-21-47-41(48-22-26)53-11-9-24(10-12-53)23-51-13-15-52(16-14-51)33-19-29-28(18-31(33)45)37(58)54(38(29)59)32-7-8-34(55)49-36(32)57/h5-6,17-19,21-22,24,32,39-40H,7-16,23H2,1-4H3,(H,50,56)(H,49,55,57)/t32?,39-,40-. The number of nitrogens with zero attached hydrogens (tertiary/aromatic N) is 7. The Morgan fingerprint density at radius 3 is 2.20 bits per heavy atom. The summed E-state index contributed by atoms with van der Waals surface area (Å²) in [5.41, 5.74) is 0.168. The number of piperazine rings is 1. The minimum Gasteiger partial charge on any atom is -0.489 e. The van der Waals surface area contributed by atoms with Crippen molar-refractivity contribution < 1.29 is 33.1 Å². The van der Waals surface area contributed by atoms with E-state index < -0.39 is 46.3 Å². The number of imide groups is 2. The number of hydrogen-bond donors (Lipinski definition) is 2. The van der Waals surface area contributed by atoms with E-state index in [0.29, 0.717) is 59.9 Å². The molecule has 5 amide bonds. The van der Waals surface area contributed by atoms with E-state index in [1.807, 2.05) is 4.90 Å². The van der Waals surface area contributed by atoms with Crippen molar-refractivity contribution in [1.29, 1.82) is 5.26 Å². The molecule has 1 saturated carbocycles. The van der Waals surface area contributed by atoms with Crippen LogP contribution in [0.1, 0.15) is 90.0 Å². The SMILES string of the molecule is CC1(C)[C@H](NC(=O)c2cnc(N3CCC(CN4CCN(c5cc6c(cc5F)C(=O)N(C5CCC(=O)NC5=O)C6=O)CC4)CC3)nc2)C(C)(C)[C@H]1Oc1ccc(C#N)c(Cl)c1. The number of benzene rings is 2. The van der Waals surface area contributed by atoms with Gasteiger partial charge in [-0.3, -0.25) is 39.1 Å². The molecule has 5 aliphatic rings. The number of carbonyl (C=O) groups is 5. The molecule has 314 valence electrons. The van der Waals surface area contributed by atoms with Gasteiger partial charge in [-0.25, -0.2) is 14.4 Å². The lowest BCUT2D eigenvalue weighted by Crippen LogP contribution is -2.74. The molecule has 0 bridgehead atoms. The third-order valence-electron chi connectivity index (χ3n) is 13.0. The Bertz CT molecular complexity index is 2280. The van der Waals surface area contributed by atoms with Crippen LogP contribution >= 0.6 is 11.6 Å². The molecule has 1 atom stereocenters. The zero-order chi connectivity index (χ0) is 42.7. The summed E-state index contributed by atoms with van der Waals surface area (Å²) in [7, 11) is 0. The van der Waals surface area contributed by atoms with Crippen LogP contribution < -0.4 is 25.2 Å². The molecular formula is C43H47ClFN9O6. The Hall–Kier alpha value is -5.66. The van der Waals surface area contributed by atoms with Gasteiger partial charge in [-0.1, -0.05) is 39.3 Å². The van der Waals surface area contributed by atoms with E-state index in [1.54, 1.807) is 30.6 Å². The average Bonchev–Trinajstić information content (AvgIpc) is 3.46. The molecule has 1 aromatic heterocycles. The normalized spacial score (nSPS) is 24.1. The first kappa shape index (κ1) is 41.1. The van der Waals surface area contributed by atoms with Crippen molar-refractivity contribution in [2.45, 2.75) is 71.6 Å². The number of nitriles is 1. The first-order valence-electron chi connectivity index (χ1n) is 20.3. The van der Waals surface area contributed by atoms with E-state index in [0.717, 1.165) is 43.4 Å². The summed E-state index contributed by atoms with van der Waals surface area (Å²) in [6, 6.07) is 8.26. The molecule has 3 aromatic rings. The van der Waals surface area contributed by atoms with Gasteiger partial charge in [-0.15, -0.1) is 0 Å². The van der Waals surface area contributed by atoms with Gasteiger partial charge in [-0.2, -0.15) is 5.26 Å². The third-order valence-corrected chi connectivity index (χ3v) is 13.3. The van der Waals surface area contributed by atoms with Crippen molar-refractivity contribution in [3.8, 4) is 11.8 Å². The van der Waals surface area contributed by atoms with Crippen molar-refractivity contribution in [3.63, 3.8) is 0 Å². The number of piperidine rings is 2. The van der Waals surface area contributed by atoms with Crippen molar-refractivity contribution in [1.82, 2.24) is 30.4 Å². The van der Waals surface area contributed by atoms with Crippen LogP contribution in [0.25, 0.3) is 0 Å². The zero-order valence-corrected chi connectivity index (χ0v) is 34.7. The summed E-state index contributed by atoms with van der Waals surface area (Å²) in [4.78, 5) is 80.3. The Labute approximate surface area is 352 Å². The van der Waals surface area contributed by atoms with Crippen LogP contribution in [-0.4, -0.2) is 113 Å². The molecule has 2 aromatic carbocycles. The molecule has 4 aliphatic heterocycles. The third kappa shape index (κ3) is 7.42. The van der Waals surface area contributed by atoms with Crippen molar-refractivity contribution >= 4 is 52.8 Å². The molecule has 4 fully saturated rings. The van der Waals surface area contributed by atoms with Crippen LogP contribution in [0.2, 0.25) is 5.02 Å². The zero-order valence-electron chi connectivity index (χ0n) is 34.0. The van der Waals surface area contributed by atoms with E-state index in [-0.39, 0.29) is 47.7 Å². The molecule has 5 heterocycles. The smallest absolute Gasteiger partial charge is 0.262 e. The minimum absolute atomic E-state index is 0.00958. The second-order valence-electron chi connectivity index (χ2n) is 17.6. The lowest BCUT2D eigenvalue weighted by Gasteiger charge is -2.63. The second-order valence-corrected chi connectivity index (χ2v) is 18.0. The predicted octanol–water partition coefficient (Wildman–Crippen LogP) is 4.19. The number of rotatable bonds is 9. The van der Waals surface area contributed by atoms with E-state index >= 15 is 4.39 Å². The Kier molecular flexibility index (Phi) is 10.8. The largest absolute Gasteiger partial charge is 0.489 e. The van der Waals surface area contributed by atoms with Gasteiger partial charge in [-0.05, 0) is 49.4 Å². The fourth-order valence-corrected chi connectivity index (χ4v) is 10.2. The number of aromatic nitrogens is 2. The summed E-state index contributed by atoms with van der Waals surface area (Å²) in [6.07, 6.45) is 4.84. The first-order valence-corrected chi connectivity index (χ1v) is 20.7. The highest BCUT2D eigenvalue weighted by Gasteiger charge is 2.64. The first-order chi connectivity index (χ1) is 28.6. The number of nitrogens with one attached hydrogen (secondary N) is 2. The molecule has 8 rings (SSSR count). The number of anilines is 2. The topological polar surface area (TPSA) is 181 Å². The van der Waals surface area contributed by atoms with Crippen LogP contribution in [0, 0.1) is 33.9 Å². The van der Waals surface area contributed by atoms with Gasteiger partial charge < -0.3 is 19.9 Å². The number of hydrogen-bond acceptors (Lipinski definition) is 12. The molecule has 15 nitrogen and oxygen atoms in total. The summed E-state index contributed by atoms with van der Waals surface area (Å²) < 4.78 is 21.8. The van der Waals surface area contributed by atoms with Crippen molar-refractivity contribution in [3.05, 3.63) is 75.8 Å². The average molecular weight is 840 g/mol. The van der Waals surface area contributed by atoms with Crippen LogP contribution in [0.15, 0.2) is 42.7 Å². The number of carbonyl (C=O) groups excluding carboxylic acids is 5. The van der Waals surface area contributed by atoms with Gasteiger partial charge in [0.2, 0.25) is 17.8 Å². The van der Waals surface area contributed by atoms with Crippen molar-refractivity contribution in [2.75, 3.05) is 55.6 Å². The second kappa shape index (κ2) is 15.7. The van der Waals surface area contributed by atoms with Gasteiger partial charge in [0.25, 0.3) is 17.7 Å². The van der Waals surface area contributed by atoms with E-state index in [2.05, 4.69) is 64.2 Å². The number of fused-ring (bicyclic) bond motifs is 1. The van der Waals surface area contributed by atoms with Gasteiger partial charge in [0.05, 0.1) is 33.0 Å². The minimum atomic E-state index is -1.11. The van der Waals surface area contributed by atoms with Crippen LogP contribution in [0.3, 0.4) is 0 Å². The maximum atomic E-state index is 15.4. The highest BCUT2D eigenvalue weighted by atomic mass is 35.5. The van der Waals surface area contributed by atoms with Gasteiger partial charge in [0.1, 0.15) is 29.8 Å². The molecular weight excluding hydrogens is 793 g/mol. The van der Waals surface area contributed by atoms with Gasteiger partial charge in [0, 0.05) is 87.6 Å². The molecule has 2 N–H and O–H groups in total. The molecule has 60 heavy (non-hydrogen) atoms.